The first-order chi connectivity index (χ1) is 10.6. The first-order valence-electron chi connectivity index (χ1n) is 8.67. The lowest BCUT2D eigenvalue weighted by Gasteiger charge is -2.27. The van der Waals surface area contributed by atoms with Crippen molar-refractivity contribution < 1.29 is 4.79 Å². The van der Waals surface area contributed by atoms with Gasteiger partial charge in [0.05, 0.1) is 0 Å². The molecule has 0 fully saturated rings. The smallest absolute Gasteiger partial charge is 0.253 e. The van der Waals surface area contributed by atoms with Gasteiger partial charge < -0.3 is 4.90 Å². The van der Waals surface area contributed by atoms with Gasteiger partial charge in [-0.15, -0.1) is 0 Å². The van der Waals surface area contributed by atoms with Gasteiger partial charge in [-0.25, -0.2) is 0 Å². The van der Waals surface area contributed by atoms with Crippen LogP contribution >= 0.6 is 15.9 Å². The first-order valence-corrected chi connectivity index (χ1v) is 9.46. The molecule has 1 rings (SSSR count). The second-order valence-electron chi connectivity index (χ2n) is 6.03. The molecule has 0 bridgehead atoms. The second-order valence-corrected chi connectivity index (χ2v) is 6.95. The van der Waals surface area contributed by atoms with Crippen LogP contribution in [0.3, 0.4) is 0 Å². The zero-order valence-corrected chi connectivity index (χ0v) is 15.9. The third-order valence-electron chi connectivity index (χ3n) is 4.16. The fourth-order valence-corrected chi connectivity index (χ4v) is 3.06. The van der Waals surface area contributed by atoms with Crippen LogP contribution in [0.1, 0.15) is 69.7 Å². The van der Waals surface area contributed by atoms with Gasteiger partial charge in [-0.05, 0) is 37.0 Å². The van der Waals surface area contributed by atoms with E-state index in [1.54, 1.807) is 0 Å². The van der Waals surface area contributed by atoms with Crippen molar-refractivity contribution in [1.82, 2.24) is 4.90 Å². The van der Waals surface area contributed by atoms with Gasteiger partial charge in [0, 0.05) is 23.1 Å². The van der Waals surface area contributed by atoms with E-state index >= 15 is 0 Å². The van der Waals surface area contributed by atoms with Gasteiger partial charge in [0.15, 0.2) is 0 Å². The molecule has 1 amide bonds. The van der Waals surface area contributed by atoms with Gasteiger partial charge in [-0.1, -0.05) is 68.5 Å². The molecule has 2 nitrogen and oxygen atoms in total. The lowest BCUT2D eigenvalue weighted by Crippen LogP contribution is -2.36. The number of hydrogen-bond acceptors (Lipinski definition) is 1. The molecular weight excluding hydrogens is 338 g/mol. The second kappa shape index (κ2) is 10.8. The Morgan fingerprint density at radius 2 is 1.91 bits per heavy atom. The highest BCUT2D eigenvalue weighted by atomic mass is 79.9. The minimum Gasteiger partial charge on any atom is -0.338 e. The molecule has 0 aliphatic heterocycles. The normalized spacial score (nSPS) is 12.2. The minimum atomic E-state index is 0.171. The van der Waals surface area contributed by atoms with E-state index in [9.17, 15) is 4.79 Å². The van der Waals surface area contributed by atoms with Crippen molar-refractivity contribution in [1.29, 1.82) is 0 Å². The van der Waals surface area contributed by atoms with E-state index in [4.69, 9.17) is 0 Å². The quantitative estimate of drug-likeness (QED) is 0.503. The van der Waals surface area contributed by atoms with Crippen LogP contribution in [0.4, 0.5) is 0 Å². The predicted octanol–water partition coefficient (Wildman–Crippen LogP) is 5.91. The van der Waals surface area contributed by atoms with Crippen LogP contribution in [-0.4, -0.2) is 23.9 Å². The van der Waals surface area contributed by atoms with E-state index in [1.165, 1.54) is 19.3 Å². The topological polar surface area (TPSA) is 20.3 Å². The number of benzene rings is 1. The maximum absolute atomic E-state index is 12.8. The van der Waals surface area contributed by atoms with Crippen LogP contribution < -0.4 is 0 Å². The van der Waals surface area contributed by atoms with Gasteiger partial charge in [0.1, 0.15) is 0 Å². The fraction of sp³-hybridized carbons (Fsp3) is 0.632. The summed E-state index contributed by atoms with van der Waals surface area (Å²) in [6.45, 7) is 8.40. The van der Waals surface area contributed by atoms with Gasteiger partial charge >= 0.3 is 0 Å². The summed E-state index contributed by atoms with van der Waals surface area (Å²) in [5.74, 6) is 0.789. The number of hydrogen-bond donors (Lipinski definition) is 0. The molecule has 0 aliphatic carbocycles. The molecule has 1 aromatic carbocycles. The third-order valence-corrected chi connectivity index (χ3v) is 4.66. The molecule has 1 atom stereocenters. The van der Waals surface area contributed by atoms with Gasteiger partial charge in [0.2, 0.25) is 0 Å². The van der Waals surface area contributed by atoms with E-state index in [0.717, 1.165) is 42.4 Å². The zero-order chi connectivity index (χ0) is 16.4. The van der Waals surface area contributed by atoms with Crippen LogP contribution in [0, 0.1) is 5.92 Å². The molecule has 0 saturated heterocycles. The van der Waals surface area contributed by atoms with E-state index < -0.39 is 0 Å². The molecule has 124 valence electrons. The fourth-order valence-electron chi connectivity index (χ4n) is 2.66. The number of rotatable bonds is 10. The average molecular weight is 368 g/mol. The Labute approximate surface area is 144 Å². The first kappa shape index (κ1) is 19.2. The molecule has 0 N–H and O–H groups in total. The SMILES string of the molecule is CCCCC(CC)CN(CCCC)C(=O)c1cccc(Br)c1. The molecular formula is C19H30BrNO. The molecule has 0 aromatic heterocycles. The van der Waals surface area contributed by atoms with Crippen LogP contribution in [0.15, 0.2) is 28.7 Å². The summed E-state index contributed by atoms with van der Waals surface area (Å²) >= 11 is 3.46. The number of halogens is 1. The number of carbonyl (C=O) groups is 1. The molecule has 0 heterocycles. The van der Waals surface area contributed by atoms with Crippen LogP contribution in [-0.2, 0) is 0 Å². The predicted molar refractivity (Wildman–Crippen MR) is 98.3 cm³/mol. The summed E-state index contributed by atoms with van der Waals surface area (Å²) in [6.07, 6.45) is 7.05. The average Bonchev–Trinajstić information content (AvgIpc) is 2.53. The minimum absolute atomic E-state index is 0.171. The Kier molecular flexibility index (Phi) is 9.45. The van der Waals surface area contributed by atoms with Crippen molar-refractivity contribution >= 4 is 21.8 Å². The highest BCUT2D eigenvalue weighted by Gasteiger charge is 2.19. The van der Waals surface area contributed by atoms with E-state index in [-0.39, 0.29) is 5.91 Å². The molecule has 0 aliphatic rings. The Morgan fingerprint density at radius 1 is 1.18 bits per heavy atom. The van der Waals surface area contributed by atoms with Gasteiger partial charge in [-0.3, -0.25) is 4.79 Å². The van der Waals surface area contributed by atoms with Crippen LogP contribution in [0.25, 0.3) is 0 Å². The van der Waals surface area contributed by atoms with Crippen molar-refractivity contribution in [2.75, 3.05) is 13.1 Å². The number of nitrogens with zero attached hydrogens (tertiary/aromatic N) is 1. The summed E-state index contributed by atoms with van der Waals surface area (Å²) in [6, 6.07) is 7.74. The summed E-state index contributed by atoms with van der Waals surface area (Å²) in [5, 5.41) is 0. The van der Waals surface area contributed by atoms with Crippen LogP contribution in [0.5, 0.6) is 0 Å². The number of amides is 1. The van der Waals surface area contributed by atoms with Crippen molar-refractivity contribution in [3.05, 3.63) is 34.3 Å². The number of unbranched alkanes of at least 4 members (excludes halogenated alkanes) is 2. The van der Waals surface area contributed by atoms with E-state index in [2.05, 4.69) is 41.6 Å². The lowest BCUT2D eigenvalue weighted by molar-refractivity contribution is 0.0720. The highest BCUT2D eigenvalue weighted by molar-refractivity contribution is 9.10. The van der Waals surface area contributed by atoms with Crippen molar-refractivity contribution in [2.24, 2.45) is 5.92 Å². The monoisotopic (exact) mass is 367 g/mol. The van der Waals surface area contributed by atoms with Crippen molar-refractivity contribution in [3.63, 3.8) is 0 Å². The Bertz CT molecular complexity index is 447. The molecule has 0 spiro atoms. The van der Waals surface area contributed by atoms with Gasteiger partial charge in [0.25, 0.3) is 5.91 Å². The Balaban J connectivity index is 2.79. The summed E-state index contributed by atoms with van der Waals surface area (Å²) in [5.41, 5.74) is 0.788. The largest absolute Gasteiger partial charge is 0.338 e. The summed E-state index contributed by atoms with van der Waals surface area (Å²) in [7, 11) is 0. The van der Waals surface area contributed by atoms with E-state index in [1.807, 2.05) is 24.3 Å². The molecule has 0 saturated carbocycles. The van der Waals surface area contributed by atoms with Gasteiger partial charge in [-0.2, -0.15) is 0 Å². The van der Waals surface area contributed by atoms with Crippen molar-refractivity contribution in [3.8, 4) is 0 Å². The maximum atomic E-state index is 12.8. The van der Waals surface area contributed by atoms with E-state index in [0.29, 0.717) is 5.92 Å². The maximum Gasteiger partial charge on any atom is 0.253 e. The number of carbonyl (C=O) groups excluding carboxylic acids is 1. The highest BCUT2D eigenvalue weighted by Crippen LogP contribution is 2.18. The molecule has 1 aromatic rings. The zero-order valence-electron chi connectivity index (χ0n) is 14.3. The molecule has 22 heavy (non-hydrogen) atoms. The Hall–Kier alpha value is -0.830. The third kappa shape index (κ3) is 6.51. The summed E-state index contributed by atoms with van der Waals surface area (Å²) < 4.78 is 0.965. The van der Waals surface area contributed by atoms with Crippen LogP contribution in [0.2, 0.25) is 0 Å². The lowest BCUT2D eigenvalue weighted by atomic mass is 9.98. The molecule has 1 unspecified atom stereocenters. The molecule has 3 heteroatoms. The Morgan fingerprint density at radius 3 is 2.50 bits per heavy atom. The standard InChI is InChI=1S/C19H30BrNO/c1-4-7-10-16(6-3)15-21(13-8-5-2)19(22)17-11-9-12-18(20)14-17/h9,11-12,14,16H,4-8,10,13,15H2,1-3H3. The van der Waals surface area contributed by atoms with Crippen molar-refractivity contribution in [2.45, 2.75) is 59.3 Å². The molecule has 0 radical (unpaired) electrons. The summed E-state index contributed by atoms with van der Waals surface area (Å²) in [4.78, 5) is 14.9.